The van der Waals surface area contributed by atoms with E-state index in [0.29, 0.717) is 18.8 Å². The number of phenolic OH excluding ortho intramolecular Hbond substituents is 1. The second kappa shape index (κ2) is 17.9. The van der Waals surface area contributed by atoms with Crippen molar-refractivity contribution >= 4 is 69.8 Å². The average molecular weight is 864 g/mol. The number of imide groups is 2. The molecule has 0 saturated carbocycles. The molecule has 0 radical (unpaired) electrons. The van der Waals surface area contributed by atoms with Crippen LogP contribution in [-0.4, -0.2) is 138 Å². The number of piperazine rings is 1. The van der Waals surface area contributed by atoms with Gasteiger partial charge < -0.3 is 40.3 Å². The van der Waals surface area contributed by atoms with Crippen LogP contribution in [0.5, 0.6) is 11.5 Å². The van der Waals surface area contributed by atoms with Crippen LogP contribution in [0, 0.1) is 11.6 Å². The Hall–Kier alpha value is -6.67. The summed E-state index contributed by atoms with van der Waals surface area (Å²) in [5.74, 6) is -4.55. The summed E-state index contributed by atoms with van der Waals surface area (Å²) in [5, 5.41) is 15.6. The average Bonchev–Trinajstić information content (AvgIpc) is 3.47. The van der Waals surface area contributed by atoms with Gasteiger partial charge in [0.1, 0.15) is 41.3 Å². The number of aromatic nitrogens is 2. The number of phenols is 1. The van der Waals surface area contributed by atoms with Crippen molar-refractivity contribution in [2.75, 3.05) is 76.4 Å². The van der Waals surface area contributed by atoms with Gasteiger partial charge in [0.05, 0.1) is 34.9 Å². The van der Waals surface area contributed by atoms with Gasteiger partial charge in [0.15, 0.2) is 5.82 Å². The van der Waals surface area contributed by atoms with Crippen molar-refractivity contribution in [2.45, 2.75) is 25.3 Å². The molecule has 5 N–H and O–H groups in total. The first kappa shape index (κ1) is 42.5. The number of piperidine rings is 1. The highest BCUT2D eigenvalue weighted by Gasteiger charge is 2.44. The molecule has 4 aromatic rings. The van der Waals surface area contributed by atoms with E-state index in [2.05, 4.69) is 20.6 Å². The van der Waals surface area contributed by atoms with Gasteiger partial charge in [-0.3, -0.25) is 34.2 Å². The number of primary amides is 1. The van der Waals surface area contributed by atoms with Gasteiger partial charge in [-0.25, -0.2) is 18.6 Å². The van der Waals surface area contributed by atoms with Crippen LogP contribution < -0.4 is 26.0 Å². The van der Waals surface area contributed by atoms with E-state index in [4.69, 9.17) is 26.8 Å². The minimum Gasteiger partial charge on any atom is -0.507 e. The van der Waals surface area contributed by atoms with Gasteiger partial charge in [0.25, 0.3) is 11.8 Å². The summed E-state index contributed by atoms with van der Waals surface area (Å²) < 4.78 is 42.6. The molecule has 2 fully saturated rings. The molecule has 320 valence electrons. The number of nitrogens with one attached hydrogen (secondary N) is 2. The normalized spacial score (nSPS) is 16.5. The van der Waals surface area contributed by atoms with Crippen LogP contribution in [0.1, 0.15) is 40.0 Å². The van der Waals surface area contributed by atoms with Crippen molar-refractivity contribution in [3.05, 3.63) is 70.2 Å². The third-order valence-corrected chi connectivity index (χ3v) is 10.8. The number of aromatic hydroxyl groups is 1. The highest BCUT2D eigenvalue weighted by Crippen LogP contribution is 2.42. The molecule has 18 nitrogen and oxygen atoms in total. The highest BCUT2D eigenvalue weighted by atomic mass is 35.5. The van der Waals surface area contributed by atoms with Gasteiger partial charge in [0, 0.05) is 70.1 Å². The molecule has 7 rings (SSSR count). The minimum absolute atomic E-state index is 0.00833. The number of halogens is 3. The van der Waals surface area contributed by atoms with Crippen molar-refractivity contribution in [3.63, 3.8) is 0 Å². The van der Waals surface area contributed by atoms with Crippen molar-refractivity contribution in [3.8, 4) is 22.6 Å². The van der Waals surface area contributed by atoms with Crippen LogP contribution in [0.4, 0.5) is 25.3 Å². The number of nitrogens with zero attached hydrogens (tertiary/aromatic N) is 6. The van der Waals surface area contributed by atoms with Gasteiger partial charge in [-0.1, -0.05) is 17.7 Å². The number of carbonyl (C=O) groups is 6. The topological polar surface area (TPSA) is 230 Å². The Morgan fingerprint density at radius 1 is 1.00 bits per heavy atom. The molecule has 3 aliphatic rings. The Labute approximate surface area is 351 Å². The Morgan fingerprint density at radius 2 is 1.75 bits per heavy atom. The molecule has 7 amide bonds. The molecule has 21 heteroatoms. The summed E-state index contributed by atoms with van der Waals surface area (Å²) in [5.41, 5.74) is 4.64. The molecule has 2 saturated heterocycles. The fourth-order valence-electron chi connectivity index (χ4n) is 7.29. The van der Waals surface area contributed by atoms with E-state index in [-0.39, 0.29) is 116 Å². The first-order chi connectivity index (χ1) is 29.2. The Morgan fingerprint density at radius 3 is 2.48 bits per heavy atom. The van der Waals surface area contributed by atoms with E-state index < -0.39 is 58.6 Å². The lowest BCUT2D eigenvalue weighted by molar-refractivity contribution is -0.136. The number of carbonyl (C=O) groups excluding carboxylic acids is 6. The number of fused-ring (bicyclic) bond motifs is 2. The Bertz CT molecular complexity index is 2430. The number of amides is 7. The van der Waals surface area contributed by atoms with Gasteiger partial charge in [-0.2, -0.15) is 4.98 Å². The Balaban J connectivity index is 0.924. The standard InChI is InChI=1S/C40H40ClF2N9O9/c1-49(15-16-60-17-18-61-21-5-6-22-23(19-21)38(58)52(37(22)57)27-7-8-29(54)46-36(27)56)30(55)9-10-45-40-47-34-24(35(48-40)50-11-13-51(14-12-50)39(44)59)20-25(41)31(33(34)43)32-26(42)3-2-4-28(32)53/h2-6,19-20,27,53H,7-18H2,1H3,(H2,44,59)(H,45,47,48)(H,46,54,56). The number of hydrogen-bond donors (Lipinski definition) is 4. The minimum atomic E-state index is -1.08. The molecule has 0 spiro atoms. The molecule has 1 atom stereocenters. The van der Waals surface area contributed by atoms with Crippen LogP contribution in [0.2, 0.25) is 5.02 Å². The maximum Gasteiger partial charge on any atom is 0.314 e. The van der Waals surface area contributed by atoms with Crippen molar-refractivity contribution in [2.24, 2.45) is 5.73 Å². The van der Waals surface area contributed by atoms with E-state index in [9.17, 15) is 38.3 Å². The lowest BCUT2D eigenvalue weighted by atomic mass is 10.0. The number of anilines is 2. The summed E-state index contributed by atoms with van der Waals surface area (Å²) in [6.45, 7) is 1.81. The summed E-state index contributed by atoms with van der Waals surface area (Å²) >= 11 is 6.52. The molecule has 61 heavy (non-hydrogen) atoms. The molecule has 1 aromatic heterocycles. The molecule has 0 bridgehead atoms. The quantitative estimate of drug-likeness (QED) is 0.106. The number of hydrogen-bond acceptors (Lipinski definition) is 13. The van der Waals surface area contributed by atoms with Gasteiger partial charge in [-0.15, -0.1) is 0 Å². The predicted octanol–water partition coefficient (Wildman–Crippen LogP) is 2.89. The monoisotopic (exact) mass is 863 g/mol. The van der Waals surface area contributed by atoms with Crippen LogP contribution in [-0.2, 0) is 19.1 Å². The first-order valence-corrected chi connectivity index (χ1v) is 19.6. The van der Waals surface area contributed by atoms with Gasteiger partial charge in [0.2, 0.25) is 23.7 Å². The number of urea groups is 1. The largest absolute Gasteiger partial charge is 0.507 e. The van der Waals surface area contributed by atoms with Crippen LogP contribution in [0.25, 0.3) is 22.0 Å². The molecule has 3 aromatic carbocycles. The fraction of sp³-hybridized carbons (Fsp3) is 0.350. The third kappa shape index (κ3) is 8.80. The zero-order valence-electron chi connectivity index (χ0n) is 32.7. The maximum absolute atomic E-state index is 16.4. The number of likely N-dealkylation sites (N-methyl/N-ethyl adjacent to an activating group) is 1. The van der Waals surface area contributed by atoms with E-state index in [0.717, 1.165) is 11.0 Å². The predicted molar refractivity (Wildman–Crippen MR) is 215 cm³/mol. The SMILES string of the molecule is CN(CCOCCOc1ccc2c(c1)C(=O)N(C1CCC(=O)NC1=O)C2=O)C(=O)CCNc1nc(N2CCN(C(N)=O)CC2)c2cc(Cl)c(-c3c(O)cccc3F)c(F)c2n1. The van der Waals surface area contributed by atoms with Gasteiger partial charge in [-0.05, 0) is 42.8 Å². The Kier molecular flexibility index (Phi) is 12.5. The van der Waals surface area contributed by atoms with Crippen LogP contribution in [0.3, 0.4) is 0 Å². The van der Waals surface area contributed by atoms with Gasteiger partial charge >= 0.3 is 6.03 Å². The lowest BCUT2D eigenvalue weighted by Crippen LogP contribution is -2.54. The van der Waals surface area contributed by atoms with Crippen LogP contribution >= 0.6 is 11.6 Å². The summed E-state index contributed by atoms with van der Waals surface area (Å²) in [7, 11) is 1.60. The number of ether oxygens (including phenoxy) is 2. The second-order valence-electron chi connectivity index (χ2n) is 14.4. The fourth-order valence-corrected chi connectivity index (χ4v) is 7.57. The summed E-state index contributed by atoms with van der Waals surface area (Å²) in [6, 6.07) is 7.66. The zero-order valence-corrected chi connectivity index (χ0v) is 33.5. The highest BCUT2D eigenvalue weighted by molar-refractivity contribution is 6.34. The molecule has 0 aliphatic carbocycles. The lowest BCUT2D eigenvalue weighted by Gasteiger charge is -2.35. The molecular weight excluding hydrogens is 824 g/mol. The summed E-state index contributed by atoms with van der Waals surface area (Å²) in [4.78, 5) is 89.2. The van der Waals surface area contributed by atoms with Crippen molar-refractivity contribution in [1.29, 1.82) is 0 Å². The van der Waals surface area contributed by atoms with Crippen molar-refractivity contribution in [1.82, 2.24) is 30.0 Å². The summed E-state index contributed by atoms with van der Waals surface area (Å²) in [6.07, 6.45) is 0.0513. The molecular formula is C40H40ClF2N9O9. The van der Waals surface area contributed by atoms with E-state index >= 15 is 4.39 Å². The van der Waals surface area contributed by atoms with Crippen molar-refractivity contribution < 1.29 is 52.1 Å². The smallest absolute Gasteiger partial charge is 0.314 e. The number of rotatable bonds is 14. The first-order valence-electron chi connectivity index (χ1n) is 19.2. The third-order valence-electron chi connectivity index (χ3n) is 10.5. The number of benzene rings is 3. The number of nitrogens with two attached hydrogens (primary N) is 1. The van der Waals surface area contributed by atoms with E-state index in [1.165, 1.54) is 46.2 Å². The maximum atomic E-state index is 16.4. The van der Waals surface area contributed by atoms with E-state index in [1.54, 1.807) is 7.05 Å². The molecule has 1 unspecified atom stereocenters. The second-order valence-corrected chi connectivity index (χ2v) is 14.8. The molecule has 4 heterocycles. The van der Waals surface area contributed by atoms with E-state index in [1.807, 2.05) is 4.90 Å². The molecule has 3 aliphatic heterocycles. The zero-order chi connectivity index (χ0) is 43.5. The van der Waals surface area contributed by atoms with Crippen LogP contribution in [0.15, 0.2) is 42.5 Å².